The van der Waals surface area contributed by atoms with E-state index in [1.165, 1.54) is 12.1 Å². The molecule has 0 unspecified atom stereocenters. The van der Waals surface area contributed by atoms with Gasteiger partial charge >= 0.3 is 0 Å². The molecule has 0 saturated heterocycles. The fourth-order valence-electron chi connectivity index (χ4n) is 1.85. The minimum atomic E-state index is -0.581. The van der Waals surface area contributed by atoms with E-state index >= 15 is 0 Å². The van der Waals surface area contributed by atoms with E-state index in [0.717, 1.165) is 11.6 Å². The third kappa shape index (κ3) is 3.18. The predicted molar refractivity (Wildman–Crippen MR) is 67.0 cm³/mol. The van der Waals surface area contributed by atoms with Crippen LogP contribution in [0.25, 0.3) is 0 Å². The van der Waals surface area contributed by atoms with Gasteiger partial charge in [-0.3, -0.25) is 0 Å². The van der Waals surface area contributed by atoms with Gasteiger partial charge in [0.15, 0.2) is 0 Å². The second kappa shape index (κ2) is 5.63. The summed E-state index contributed by atoms with van der Waals surface area (Å²) in [6.45, 7) is 0.829. The number of rotatable bonds is 4. The molecular formula is C14H13F2N3. The molecule has 0 aliphatic rings. The molecule has 0 saturated carbocycles. The van der Waals surface area contributed by atoms with Gasteiger partial charge in [0.1, 0.15) is 23.4 Å². The molecule has 2 rings (SSSR count). The monoisotopic (exact) mass is 261 g/mol. The van der Waals surface area contributed by atoms with Crippen LogP contribution in [0.5, 0.6) is 0 Å². The highest BCUT2D eigenvalue weighted by Crippen LogP contribution is 2.10. The van der Waals surface area contributed by atoms with Crippen molar-refractivity contribution in [3.8, 4) is 6.07 Å². The van der Waals surface area contributed by atoms with Gasteiger partial charge in [-0.25, -0.2) is 8.78 Å². The smallest absolute Gasteiger partial charge is 0.130 e. The van der Waals surface area contributed by atoms with Crippen molar-refractivity contribution in [1.29, 1.82) is 5.26 Å². The summed E-state index contributed by atoms with van der Waals surface area (Å²) in [7, 11) is 1.79. The molecule has 0 fully saturated rings. The summed E-state index contributed by atoms with van der Waals surface area (Å²) in [5.74, 6) is -1.14. The van der Waals surface area contributed by atoms with Crippen molar-refractivity contribution in [1.82, 2.24) is 9.88 Å². The third-order valence-electron chi connectivity index (χ3n) is 2.84. The lowest BCUT2D eigenvalue weighted by Crippen LogP contribution is -2.13. The summed E-state index contributed by atoms with van der Waals surface area (Å²) in [6.07, 6.45) is 1.84. The van der Waals surface area contributed by atoms with E-state index in [-0.39, 0.29) is 0 Å². The Morgan fingerprint density at radius 1 is 1.26 bits per heavy atom. The quantitative estimate of drug-likeness (QED) is 0.918. The Labute approximate surface area is 110 Å². The Hall–Kier alpha value is -2.19. The van der Waals surface area contributed by atoms with E-state index in [9.17, 15) is 8.78 Å². The summed E-state index contributed by atoms with van der Waals surface area (Å²) < 4.78 is 27.8. The SMILES string of the molecule is Cn1cc(CNCc2ccc(F)cc2F)cc1C#N. The third-order valence-corrected chi connectivity index (χ3v) is 2.84. The number of hydrogen-bond acceptors (Lipinski definition) is 2. The lowest BCUT2D eigenvalue weighted by atomic mass is 10.2. The number of nitriles is 1. The molecule has 3 nitrogen and oxygen atoms in total. The van der Waals surface area contributed by atoms with Crippen molar-refractivity contribution in [3.63, 3.8) is 0 Å². The molecule has 98 valence electrons. The molecule has 1 aromatic heterocycles. The molecule has 1 aromatic carbocycles. The predicted octanol–water partition coefficient (Wildman–Crippen LogP) is 2.46. The van der Waals surface area contributed by atoms with Crippen molar-refractivity contribution in [2.75, 3.05) is 0 Å². The number of hydrogen-bond donors (Lipinski definition) is 1. The topological polar surface area (TPSA) is 40.8 Å². The van der Waals surface area contributed by atoms with Crippen LogP contribution in [-0.4, -0.2) is 4.57 Å². The summed E-state index contributed by atoms with van der Waals surface area (Å²) in [5, 5.41) is 11.9. The Morgan fingerprint density at radius 3 is 2.68 bits per heavy atom. The summed E-state index contributed by atoms with van der Waals surface area (Å²) in [4.78, 5) is 0. The van der Waals surface area contributed by atoms with Gasteiger partial charge in [-0.15, -0.1) is 0 Å². The molecule has 1 heterocycles. The molecule has 0 amide bonds. The number of halogens is 2. The van der Waals surface area contributed by atoms with Crippen molar-refractivity contribution in [3.05, 3.63) is 58.9 Å². The first-order valence-electron chi connectivity index (χ1n) is 5.80. The lowest BCUT2D eigenvalue weighted by molar-refractivity contribution is 0.560. The van der Waals surface area contributed by atoms with Gasteiger partial charge in [0.2, 0.25) is 0 Å². The Balaban J connectivity index is 1.94. The first kappa shape index (κ1) is 13.2. The number of aromatic nitrogens is 1. The minimum Gasteiger partial charge on any atom is -0.342 e. The molecule has 0 radical (unpaired) electrons. The lowest BCUT2D eigenvalue weighted by Gasteiger charge is -2.05. The fraction of sp³-hybridized carbons (Fsp3) is 0.214. The maximum absolute atomic E-state index is 13.4. The molecule has 0 spiro atoms. The average molecular weight is 261 g/mol. The summed E-state index contributed by atoms with van der Waals surface area (Å²) in [6, 6.07) is 7.37. The summed E-state index contributed by atoms with van der Waals surface area (Å²) in [5.41, 5.74) is 1.93. The first-order valence-corrected chi connectivity index (χ1v) is 5.80. The number of nitrogens with one attached hydrogen (secondary N) is 1. The zero-order chi connectivity index (χ0) is 13.8. The van der Waals surface area contributed by atoms with E-state index < -0.39 is 11.6 Å². The van der Waals surface area contributed by atoms with E-state index in [0.29, 0.717) is 24.3 Å². The van der Waals surface area contributed by atoms with Crippen LogP contribution in [0.1, 0.15) is 16.8 Å². The number of benzene rings is 1. The van der Waals surface area contributed by atoms with Crippen molar-refractivity contribution >= 4 is 0 Å². The van der Waals surface area contributed by atoms with E-state index in [2.05, 4.69) is 11.4 Å². The highest BCUT2D eigenvalue weighted by Gasteiger charge is 2.05. The van der Waals surface area contributed by atoms with Crippen LogP contribution in [0.15, 0.2) is 30.5 Å². The molecule has 1 N–H and O–H groups in total. The maximum Gasteiger partial charge on any atom is 0.130 e. The Kier molecular flexibility index (Phi) is 3.93. The number of nitrogens with zero attached hydrogens (tertiary/aromatic N) is 2. The molecule has 2 aromatic rings. The largest absolute Gasteiger partial charge is 0.342 e. The van der Waals surface area contributed by atoms with Crippen LogP contribution >= 0.6 is 0 Å². The van der Waals surface area contributed by atoms with Gasteiger partial charge in [0.05, 0.1) is 0 Å². The van der Waals surface area contributed by atoms with Crippen molar-refractivity contribution in [2.45, 2.75) is 13.1 Å². The van der Waals surface area contributed by atoms with Crippen molar-refractivity contribution < 1.29 is 8.78 Å². The van der Waals surface area contributed by atoms with Gasteiger partial charge in [0.25, 0.3) is 0 Å². The molecule has 0 atom stereocenters. The maximum atomic E-state index is 13.4. The summed E-state index contributed by atoms with van der Waals surface area (Å²) >= 11 is 0. The minimum absolute atomic E-state index is 0.308. The van der Waals surface area contributed by atoms with E-state index in [1.54, 1.807) is 17.7 Å². The standard InChI is InChI=1S/C14H13F2N3/c1-19-9-10(4-13(19)6-17)7-18-8-11-2-3-12(15)5-14(11)16/h2-5,9,18H,7-8H2,1H3. The van der Waals surface area contributed by atoms with E-state index in [1.807, 2.05) is 6.20 Å². The number of aryl methyl sites for hydroxylation is 1. The van der Waals surface area contributed by atoms with Crippen LogP contribution in [-0.2, 0) is 20.1 Å². The zero-order valence-electron chi connectivity index (χ0n) is 10.5. The van der Waals surface area contributed by atoms with E-state index in [4.69, 9.17) is 5.26 Å². The molecule has 0 aliphatic carbocycles. The highest BCUT2D eigenvalue weighted by molar-refractivity contribution is 5.28. The van der Waals surface area contributed by atoms with Crippen LogP contribution in [0.4, 0.5) is 8.78 Å². The fourth-order valence-corrected chi connectivity index (χ4v) is 1.85. The van der Waals surface area contributed by atoms with Gasteiger partial charge < -0.3 is 9.88 Å². The van der Waals surface area contributed by atoms with Gasteiger partial charge in [-0.2, -0.15) is 5.26 Å². The highest BCUT2D eigenvalue weighted by atomic mass is 19.1. The molecule has 0 aliphatic heterocycles. The Bertz CT molecular complexity index is 626. The zero-order valence-corrected chi connectivity index (χ0v) is 10.5. The second-order valence-corrected chi connectivity index (χ2v) is 4.30. The van der Waals surface area contributed by atoms with Crippen LogP contribution in [0, 0.1) is 23.0 Å². The van der Waals surface area contributed by atoms with Crippen molar-refractivity contribution in [2.24, 2.45) is 7.05 Å². The average Bonchev–Trinajstić information content (AvgIpc) is 2.72. The molecule has 0 bridgehead atoms. The van der Waals surface area contributed by atoms with Gasteiger partial charge in [0, 0.05) is 38.0 Å². The van der Waals surface area contributed by atoms with Crippen LogP contribution in [0.2, 0.25) is 0 Å². The molecule has 19 heavy (non-hydrogen) atoms. The first-order chi connectivity index (χ1) is 9.10. The van der Waals surface area contributed by atoms with Crippen LogP contribution < -0.4 is 5.32 Å². The molecular weight excluding hydrogens is 248 g/mol. The van der Waals surface area contributed by atoms with Crippen LogP contribution in [0.3, 0.4) is 0 Å². The molecule has 5 heteroatoms. The Morgan fingerprint density at radius 2 is 2.05 bits per heavy atom. The second-order valence-electron chi connectivity index (χ2n) is 4.30. The normalized spacial score (nSPS) is 10.4. The van der Waals surface area contributed by atoms with Gasteiger partial charge in [-0.1, -0.05) is 6.07 Å². The van der Waals surface area contributed by atoms with Gasteiger partial charge in [-0.05, 0) is 17.7 Å².